The first-order valence-electron chi connectivity index (χ1n) is 7.09. The Morgan fingerprint density at radius 2 is 1.87 bits per heavy atom. The number of hydrogen-bond donors (Lipinski definition) is 0. The fourth-order valence-corrected chi connectivity index (χ4v) is 4.93. The summed E-state index contributed by atoms with van der Waals surface area (Å²) in [6.07, 6.45) is 1.92. The molecule has 124 valence electrons. The molecule has 0 saturated heterocycles. The summed E-state index contributed by atoms with van der Waals surface area (Å²) in [6, 6.07) is 5.42. The van der Waals surface area contributed by atoms with Crippen LogP contribution < -0.4 is 4.31 Å². The Labute approximate surface area is 134 Å². The Kier molecular flexibility index (Phi) is 3.88. The van der Waals surface area contributed by atoms with Gasteiger partial charge in [0.2, 0.25) is 5.95 Å². The van der Waals surface area contributed by atoms with Gasteiger partial charge in [0.25, 0.3) is 10.0 Å². The van der Waals surface area contributed by atoms with E-state index in [1.54, 1.807) is 0 Å². The van der Waals surface area contributed by atoms with E-state index in [-0.39, 0.29) is 28.0 Å². The van der Waals surface area contributed by atoms with Crippen LogP contribution in [0, 0.1) is 0 Å². The van der Waals surface area contributed by atoms with Gasteiger partial charge < -0.3 is 0 Å². The van der Waals surface area contributed by atoms with Gasteiger partial charge in [0.05, 0.1) is 15.5 Å². The molecule has 0 saturated carbocycles. The topological polar surface area (TPSA) is 102 Å². The Morgan fingerprint density at radius 3 is 2.61 bits per heavy atom. The van der Waals surface area contributed by atoms with E-state index >= 15 is 0 Å². The van der Waals surface area contributed by atoms with E-state index in [4.69, 9.17) is 0 Å². The summed E-state index contributed by atoms with van der Waals surface area (Å²) in [7, 11) is -7.37. The van der Waals surface area contributed by atoms with Gasteiger partial charge in [0.15, 0.2) is 9.84 Å². The van der Waals surface area contributed by atoms with Gasteiger partial charge in [-0.1, -0.05) is 13.0 Å². The zero-order valence-corrected chi connectivity index (χ0v) is 14.1. The molecule has 0 fully saturated rings. The summed E-state index contributed by atoms with van der Waals surface area (Å²) >= 11 is 0. The van der Waals surface area contributed by atoms with Gasteiger partial charge in [-0.25, -0.2) is 25.8 Å². The second-order valence-electron chi connectivity index (χ2n) is 5.09. The van der Waals surface area contributed by atoms with Crippen molar-refractivity contribution in [1.29, 1.82) is 0 Å². The molecule has 2 heterocycles. The average Bonchev–Trinajstić information content (AvgIpc) is 3.03. The smallest absolute Gasteiger partial charge is 0.234 e. The molecular weight excluding hydrogens is 340 g/mol. The molecule has 1 aromatic heterocycles. The minimum atomic E-state index is -3.89. The molecule has 0 radical (unpaired) electrons. The maximum Gasteiger partial charge on any atom is 0.266 e. The van der Waals surface area contributed by atoms with Crippen molar-refractivity contribution in [1.82, 2.24) is 14.8 Å². The molecule has 0 N–H and O–H groups in total. The lowest BCUT2D eigenvalue weighted by molar-refractivity contribution is 0.529. The lowest BCUT2D eigenvalue weighted by Gasteiger charge is -2.27. The number of hydrogen-bond acceptors (Lipinski definition) is 6. The highest BCUT2D eigenvalue weighted by Crippen LogP contribution is 2.26. The highest BCUT2D eigenvalue weighted by atomic mass is 32.2. The molecule has 0 spiro atoms. The summed E-state index contributed by atoms with van der Waals surface area (Å²) in [6.45, 7) is 2.40. The fraction of sp³-hybridized carbons (Fsp3) is 0.385. The van der Waals surface area contributed by atoms with Crippen molar-refractivity contribution >= 4 is 25.8 Å². The number of sulfone groups is 1. The van der Waals surface area contributed by atoms with Crippen LogP contribution in [0.4, 0.5) is 5.95 Å². The molecule has 0 bridgehead atoms. The lowest BCUT2D eigenvalue weighted by atomic mass is 10.4. The highest BCUT2D eigenvalue weighted by molar-refractivity contribution is 7.93. The van der Waals surface area contributed by atoms with Crippen molar-refractivity contribution in [2.24, 2.45) is 0 Å². The molecule has 0 unspecified atom stereocenters. The van der Waals surface area contributed by atoms with Gasteiger partial charge in [-0.15, -0.1) is 0 Å². The van der Waals surface area contributed by atoms with Crippen LogP contribution >= 0.6 is 0 Å². The highest BCUT2D eigenvalue weighted by Gasteiger charge is 2.31. The molecule has 1 aliphatic rings. The monoisotopic (exact) mass is 356 g/mol. The van der Waals surface area contributed by atoms with Crippen molar-refractivity contribution in [2.45, 2.75) is 29.7 Å². The fourth-order valence-electron chi connectivity index (χ4n) is 2.42. The third-order valence-electron chi connectivity index (χ3n) is 3.68. The van der Waals surface area contributed by atoms with Crippen LogP contribution in [0.5, 0.6) is 0 Å². The van der Waals surface area contributed by atoms with Crippen LogP contribution in [0.15, 0.2) is 40.4 Å². The molecule has 0 amide bonds. The quantitative estimate of drug-likeness (QED) is 0.798. The third-order valence-corrected chi connectivity index (χ3v) is 7.19. The lowest BCUT2D eigenvalue weighted by Crippen LogP contribution is -2.38. The molecule has 10 heteroatoms. The van der Waals surface area contributed by atoms with Crippen molar-refractivity contribution in [3.05, 3.63) is 30.6 Å². The van der Waals surface area contributed by atoms with Gasteiger partial charge in [0.1, 0.15) is 6.33 Å². The SMILES string of the molecule is CCS(=O)(=O)c1cccc(S(=O)(=O)N2CCCn3ncnc32)c1. The molecule has 0 aliphatic carbocycles. The largest absolute Gasteiger partial charge is 0.266 e. The van der Waals surface area contributed by atoms with Crippen LogP contribution in [-0.4, -0.2) is 43.9 Å². The summed E-state index contributed by atoms with van der Waals surface area (Å²) < 4.78 is 52.4. The molecular formula is C13H16N4O4S2. The molecule has 1 aromatic carbocycles. The van der Waals surface area contributed by atoms with Crippen LogP contribution in [-0.2, 0) is 26.4 Å². The molecule has 8 nitrogen and oxygen atoms in total. The van der Waals surface area contributed by atoms with E-state index < -0.39 is 19.9 Å². The van der Waals surface area contributed by atoms with Crippen LogP contribution in [0.2, 0.25) is 0 Å². The number of sulfonamides is 1. The Hall–Kier alpha value is -1.94. The van der Waals surface area contributed by atoms with Crippen LogP contribution in [0.25, 0.3) is 0 Å². The second kappa shape index (κ2) is 5.60. The Balaban J connectivity index is 2.07. The number of aromatic nitrogens is 3. The van der Waals surface area contributed by atoms with Gasteiger partial charge >= 0.3 is 0 Å². The predicted molar refractivity (Wildman–Crippen MR) is 83.3 cm³/mol. The van der Waals surface area contributed by atoms with Crippen molar-refractivity contribution in [3.63, 3.8) is 0 Å². The number of nitrogens with zero attached hydrogens (tertiary/aromatic N) is 4. The maximum absolute atomic E-state index is 12.9. The summed E-state index contributed by atoms with van der Waals surface area (Å²) in [5, 5.41) is 3.99. The summed E-state index contributed by atoms with van der Waals surface area (Å²) in [5.74, 6) is 0.161. The first kappa shape index (κ1) is 15.9. The van der Waals surface area contributed by atoms with Crippen molar-refractivity contribution < 1.29 is 16.8 Å². The van der Waals surface area contributed by atoms with Crippen LogP contribution in [0.3, 0.4) is 0 Å². The summed E-state index contributed by atoms with van der Waals surface area (Å²) in [5.41, 5.74) is 0. The molecule has 1 aliphatic heterocycles. The number of benzene rings is 1. The first-order chi connectivity index (χ1) is 10.9. The zero-order chi connectivity index (χ0) is 16.7. The van der Waals surface area contributed by atoms with Gasteiger partial charge in [-0.05, 0) is 24.6 Å². The number of aryl methyl sites for hydroxylation is 1. The van der Waals surface area contributed by atoms with E-state index in [9.17, 15) is 16.8 Å². The van der Waals surface area contributed by atoms with Crippen LogP contribution in [0.1, 0.15) is 13.3 Å². The van der Waals surface area contributed by atoms with E-state index in [1.165, 1.54) is 46.5 Å². The van der Waals surface area contributed by atoms with Crippen molar-refractivity contribution in [3.8, 4) is 0 Å². The number of rotatable bonds is 4. The standard InChI is InChI=1S/C13H16N4O4S2/c1-2-22(18,19)11-5-3-6-12(9-11)23(20,21)17-8-4-7-16-13(17)14-10-15-16/h3,5-6,9-10H,2,4,7-8H2,1H3. The Bertz CT molecular complexity index is 934. The van der Waals surface area contributed by atoms with E-state index in [0.29, 0.717) is 13.0 Å². The Morgan fingerprint density at radius 1 is 1.13 bits per heavy atom. The molecule has 2 aromatic rings. The predicted octanol–water partition coefficient (Wildman–Crippen LogP) is 0.671. The summed E-state index contributed by atoms with van der Waals surface area (Å²) in [4.78, 5) is 3.93. The van der Waals surface area contributed by atoms with Gasteiger partial charge in [-0.3, -0.25) is 0 Å². The maximum atomic E-state index is 12.9. The third kappa shape index (κ3) is 2.72. The average molecular weight is 356 g/mol. The van der Waals surface area contributed by atoms with Gasteiger partial charge in [0, 0.05) is 13.1 Å². The first-order valence-corrected chi connectivity index (χ1v) is 10.2. The van der Waals surface area contributed by atoms with Gasteiger partial charge in [-0.2, -0.15) is 10.1 Å². The van der Waals surface area contributed by atoms with Crippen molar-refractivity contribution in [2.75, 3.05) is 16.6 Å². The van der Waals surface area contributed by atoms with E-state index in [0.717, 1.165) is 0 Å². The number of fused-ring (bicyclic) bond motifs is 1. The molecule has 3 rings (SSSR count). The molecule has 23 heavy (non-hydrogen) atoms. The molecule has 0 atom stereocenters. The minimum absolute atomic E-state index is 0.000415. The second-order valence-corrected chi connectivity index (χ2v) is 9.23. The minimum Gasteiger partial charge on any atom is -0.234 e. The zero-order valence-electron chi connectivity index (χ0n) is 12.5. The van der Waals surface area contributed by atoms with E-state index in [1.807, 2.05) is 0 Å². The van der Waals surface area contributed by atoms with E-state index in [2.05, 4.69) is 10.1 Å². The normalized spacial score (nSPS) is 15.4. The number of anilines is 1.